The molecule has 0 radical (unpaired) electrons. The highest BCUT2D eigenvalue weighted by Gasteiger charge is 2.10. The Balaban J connectivity index is 2.31. The van der Waals surface area contributed by atoms with Gasteiger partial charge in [-0.05, 0) is 24.3 Å². The first-order chi connectivity index (χ1) is 8.25. The van der Waals surface area contributed by atoms with Gasteiger partial charge in [-0.1, -0.05) is 41.4 Å². The van der Waals surface area contributed by atoms with E-state index in [9.17, 15) is 0 Å². The van der Waals surface area contributed by atoms with Gasteiger partial charge in [-0.15, -0.1) is 0 Å². The molecule has 2 nitrogen and oxygen atoms in total. The summed E-state index contributed by atoms with van der Waals surface area (Å²) in [6, 6.07) is 13.3. The van der Waals surface area contributed by atoms with Crippen LogP contribution >= 0.6 is 23.2 Å². The van der Waals surface area contributed by atoms with Crippen molar-refractivity contribution in [3.05, 3.63) is 52.5 Å². The number of rotatable bonds is 1. The summed E-state index contributed by atoms with van der Waals surface area (Å²) in [5, 5.41) is 9.62. The maximum Gasteiger partial charge on any atom is 0.101 e. The predicted molar refractivity (Wildman–Crippen MR) is 71.5 cm³/mol. The van der Waals surface area contributed by atoms with E-state index in [4.69, 9.17) is 23.2 Å². The number of benzene rings is 2. The van der Waals surface area contributed by atoms with Crippen LogP contribution in [0, 0.1) is 0 Å². The lowest BCUT2D eigenvalue weighted by molar-refractivity contribution is 1.12. The van der Waals surface area contributed by atoms with Crippen molar-refractivity contribution >= 4 is 34.1 Å². The fourth-order valence-electron chi connectivity index (χ4n) is 1.84. The van der Waals surface area contributed by atoms with Crippen molar-refractivity contribution in [3.8, 4) is 11.3 Å². The third-order valence-corrected chi connectivity index (χ3v) is 3.22. The third-order valence-electron chi connectivity index (χ3n) is 2.65. The fourth-order valence-corrected chi connectivity index (χ4v) is 2.24. The lowest BCUT2D eigenvalue weighted by Gasteiger charge is -2.00. The minimum Gasteiger partial charge on any atom is -0.277 e. The molecule has 3 rings (SSSR count). The van der Waals surface area contributed by atoms with Crippen molar-refractivity contribution < 1.29 is 0 Å². The van der Waals surface area contributed by atoms with Crippen LogP contribution in [0.3, 0.4) is 0 Å². The standard InChI is InChI=1S/C13H8Cl2N2/c14-8-5-6-12-10(7-8)13(17-16-12)9-3-1-2-4-11(9)15/h1-7H,(H,16,17). The monoisotopic (exact) mass is 262 g/mol. The van der Waals surface area contributed by atoms with Gasteiger partial charge in [-0.2, -0.15) is 5.10 Å². The number of nitrogens with zero attached hydrogens (tertiary/aromatic N) is 1. The molecule has 0 unspecified atom stereocenters. The van der Waals surface area contributed by atoms with Gasteiger partial charge in [0, 0.05) is 16.0 Å². The maximum absolute atomic E-state index is 6.17. The van der Waals surface area contributed by atoms with Crippen LogP contribution in [0.25, 0.3) is 22.2 Å². The second-order valence-electron chi connectivity index (χ2n) is 3.74. The van der Waals surface area contributed by atoms with Gasteiger partial charge >= 0.3 is 0 Å². The van der Waals surface area contributed by atoms with Crippen LogP contribution in [0.1, 0.15) is 0 Å². The Bertz CT molecular complexity index is 689. The van der Waals surface area contributed by atoms with Gasteiger partial charge in [-0.25, -0.2) is 0 Å². The van der Waals surface area contributed by atoms with Crippen molar-refractivity contribution in [2.75, 3.05) is 0 Å². The molecule has 1 aromatic heterocycles. The molecule has 0 spiro atoms. The molecule has 84 valence electrons. The summed E-state index contributed by atoms with van der Waals surface area (Å²) in [6.07, 6.45) is 0. The topological polar surface area (TPSA) is 28.7 Å². The number of hydrogen-bond acceptors (Lipinski definition) is 1. The van der Waals surface area contributed by atoms with Gasteiger partial charge in [0.15, 0.2) is 0 Å². The number of hydrogen-bond donors (Lipinski definition) is 1. The second-order valence-corrected chi connectivity index (χ2v) is 4.59. The number of halogens is 2. The molecule has 0 atom stereocenters. The normalized spacial score (nSPS) is 10.9. The SMILES string of the molecule is Clc1ccc2[nH]nc(-c3ccccc3Cl)c2c1. The molecule has 0 saturated carbocycles. The van der Waals surface area contributed by atoms with Crippen LogP contribution in [0.5, 0.6) is 0 Å². The fraction of sp³-hybridized carbons (Fsp3) is 0. The Kier molecular flexibility index (Phi) is 2.54. The number of H-pyrrole nitrogens is 1. The Morgan fingerprint density at radius 2 is 1.82 bits per heavy atom. The Labute approximate surface area is 108 Å². The molecular weight excluding hydrogens is 255 g/mol. The Morgan fingerprint density at radius 3 is 2.65 bits per heavy atom. The number of nitrogens with one attached hydrogen (secondary N) is 1. The second kappa shape index (κ2) is 4.06. The van der Waals surface area contributed by atoms with E-state index in [-0.39, 0.29) is 0 Å². The first-order valence-corrected chi connectivity index (χ1v) is 5.90. The van der Waals surface area contributed by atoms with Gasteiger partial charge in [0.1, 0.15) is 5.69 Å². The first kappa shape index (κ1) is 10.6. The predicted octanol–water partition coefficient (Wildman–Crippen LogP) is 4.54. The molecule has 3 aromatic rings. The van der Waals surface area contributed by atoms with Gasteiger partial charge < -0.3 is 0 Å². The van der Waals surface area contributed by atoms with Crippen LogP contribution in [0.15, 0.2) is 42.5 Å². The zero-order chi connectivity index (χ0) is 11.8. The summed E-state index contributed by atoms with van der Waals surface area (Å²) < 4.78 is 0. The minimum absolute atomic E-state index is 0.681. The molecule has 0 aliphatic rings. The number of aromatic nitrogens is 2. The molecule has 1 N–H and O–H groups in total. The van der Waals surface area contributed by atoms with E-state index in [1.165, 1.54) is 0 Å². The average Bonchev–Trinajstić information content (AvgIpc) is 2.72. The molecule has 2 aromatic carbocycles. The highest BCUT2D eigenvalue weighted by atomic mass is 35.5. The van der Waals surface area contributed by atoms with E-state index in [0.29, 0.717) is 10.0 Å². The molecular formula is C13H8Cl2N2. The molecule has 0 fully saturated rings. The van der Waals surface area contributed by atoms with Crippen LogP contribution in [0.4, 0.5) is 0 Å². The van der Waals surface area contributed by atoms with Crippen molar-refractivity contribution in [2.24, 2.45) is 0 Å². The number of fused-ring (bicyclic) bond motifs is 1. The molecule has 17 heavy (non-hydrogen) atoms. The van der Waals surface area contributed by atoms with Crippen LogP contribution < -0.4 is 0 Å². The van der Waals surface area contributed by atoms with Crippen molar-refractivity contribution in [1.29, 1.82) is 0 Å². The van der Waals surface area contributed by atoms with E-state index >= 15 is 0 Å². The molecule has 0 saturated heterocycles. The first-order valence-electron chi connectivity index (χ1n) is 5.14. The summed E-state index contributed by atoms with van der Waals surface area (Å²) in [5.74, 6) is 0. The molecule has 0 aliphatic heterocycles. The lowest BCUT2D eigenvalue weighted by Crippen LogP contribution is -1.80. The third kappa shape index (κ3) is 1.79. The van der Waals surface area contributed by atoms with E-state index in [0.717, 1.165) is 22.2 Å². The van der Waals surface area contributed by atoms with Gasteiger partial charge in [0.05, 0.1) is 10.5 Å². The summed E-state index contributed by atoms with van der Waals surface area (Å²) in [5.41, 5.74) is 2.68. The lowest BCUT2D eigenvalue weighted by atomic mass is 10.1. The smallest absolute Gasteiger partial charge is 0.101 e. The van der Waals surface area contributed by atoms with E-state index in [1.54, 1.807) is 0 Å². The van der Waals surface area contributed by atoms with E-state index in [1.807, 2.05) is 42.5 Å². The van der Waals surface area contributed by atoms with Gasteiger partial charge in [-0.3, -0.25) is 5.10 Å². The average molecular weight is 263 g/mol. The molecule has 1 heterocycles. The molecule has 4 heteroatoms. The Hall–Kier alpha value is -1.51. The maximum atomic E-state index is 6.17. The van der Waals surface area contributed by atoms with Crippen LogP contribution in [0.2, 0.25) is 10.0 Å². The molecule has 0 bridgehead atoms. The zero-order valence-corrected chi connectivity index (χ0v) is 10.3. The highest BCUT2D eigenvalue weighted by molar-refractivity contribution is 6.34. The molecule has 0 amide bonds. The quantitative estimate of drug-likeness (QED) is 0.686. The summed E-state index contributed by atoms with van der Waals surface area (Å²) >= 11 is 12.2. The van der Waals surface area contributed by atoms with Crippen molar-refractivity contribution in [2.45, 2.75) is 0 Å². The molecule has 0 aliphatic carbocycles. The summed E-state index contributed by atoms with van der Waals surface area (Å²) in [4.78, 5) is 0. The van der Waals surface area contributed by atoms with Crippen LogP contribution in [-0.2, 0) is 0 Å². The largest absolute Gasteiger partial charge is 0.277 e. The van der Waals surface area contributed by atoms with E-state index < -0.39 is 0 Å². The number of aromatic amines is 1. The Morgan fingerprint density at radius 1 is 1.00 bits per heavy atom. The summed E-state index contributed by atoms with van der Waals surface area (Å²) in [6.45, 7) is 0. The van der Waals surface area contributed by atoms with Crippen LogP contribution in [-0.4, -0.2) is 10.2 Å². The summed E-state index contributed by atoms with van der Waals surface area (Å²) in [7, 11) is 0. The van der Waals surface area contributed by atoms with Gasteiger partial charge in [0.25, 0.3) is 0 Å². The van der Waals surface area contributed by atoms with Crippen molar-refractivity contribution in [1.82, 2.24) is 10.2 Å². The highest BCUT2D eigenvalue weighted by Crippen LogP contribution is 2.32. The van der Waals surface area contributed by atoms with Crippen molar-refractivity contribution in [3.63, 3.8) is 0 Å². The minimum atomic E-state index is 0.681. The van der Waals surface area contributed by atoms with Gasteiger partial charge in [0.2, 0.25) is 0 Å². The van der Waals surface area contributed by atoms with E-state index in [2.05, 4.69) is 10.2 Å². The zero-order valence-electron chi connectivity index (χ0n) is 8.74.